The molecule has 3 aromatic rings. The number of aryl methyl sites for hydroxylation is 1. The van der Waals surface area contributed by atoms with E-state index in [-0.39, 0.29) is 23.3 Å². The van der Waals surface area contributed by atoms with Crippen molar-refractivity contribution in [1.82, 2.24) is 14.7 Å². The summed E-state index contributed by atoms with van der Waals surface area (Å²) in [5.41, 5.74) is 2.72. The van der Waals surface area contributed by atoms with Crippen LogP contribution in [0.5, 0.6) is 0 Å². The zero-order valence-corrected chi connectivity index (χ0v) is 16.5. The van der Waals surface area contributed by atoms with E-state index in [0.717, 1.165) is 12.8 Å². The lowest BCUT2D eigenvalue weighted by molar-refractivity contribution is 0.0941. The molecule has 0 bridgehead atoms. The molecule has 0 aliphatic carbocycles. The number of fused-ring (bicyclic) bond motifs is 1. The van der Waals surface area contributed by atoms with Crippen molar-refractivity contribution in [1.29, 1.82) is 0 Å². The topological polar surface area (TPSA) is 75.5 Å². The largest absolute Gasteiger partial charge is 0.349 e. The summed E-state index contributed by atoms with van der Waals surface area (Å²) in [7, 11) is 0. The second-order valence-corrected chi connectivity index (χ2v) is 7.18. The Balaban J connectivity index is 1.84. The number of pyridine rings is 1. The van der Waals surface area contributed by atoms with Crippen molar-refractivity contribution in [3.05, 3.63) is 65.7 Å². The van der Waals surface area contributed by atoms with Gasteiger partial charge in [0.2, 0.25) is 5.82 Å². The molecule has 1 aromatic carbocycles. The minimum atomic E-state index is -0.339. The third-order valence-corrected chi connectivity index (χ3v) is 4.59. The quantitative estimate of drug-likeness (QED) is 0.654. The summed E-state index contributed by atoms with van der Waals surface area (Å²) in [5.74, 6) is 0.0889. The van der Waals surface area contributed by atoms with E-state index in [1.807, 2.05) is 36.4 Å². The smallest absolute Gasteiger partial charge is 0.287 e. The predicted molar refractivity (Wildman–Crippen MR) is 111 cm³/mol. The minimum Gasteiger partial charge on any atom is -0.349 e. The van der Waals surface area contributed by atoms with Gasteiger partial charge in [0.05, 0.1) is 5.52 Å². The highest BCUT2D eigenvalue weighted by atomic mass is 16.2. The van der Waals surface area contributed by atoms with E-state index in [2.05, 4.69) is 36.4 Å². The van der Waals surface area contributed by atoms with Crippen LogP contribution in [0.25, 0.3) is 5.52 Å². The Labute approximate surface area is 165 Å². The van der Waals surface area contributed by atoms with Crippen LogP contribution in [0, 0.1) is 5.92 Å². The van der Waals surface area contributed by atoms with Gasteiger partial charge in [0.25, 0.3) is 11.8 Å². The van der Waals surface area contributed by atoms with E-state index in [1.165, 1.54) is 5.56 Å². The highest BCUT2D eigenvalue weighted by Crippen LogP contribution is 2.17. The fourth-order valence-corrected chi connectivity index (χ4v) is 2.93. The Hall–Kier alpha value is -3.15. The van der Waals surface area contributed by atoms with Gasteiger partial charge in [-0.3, -0.25) is 14.0 Å². The molecule has 3 rings (SSSR count). The first kappa shape index (κ1) is 19.6. The maximum Gasteiger partial charge on any atom is 0.287 e. The molecule has 0 fully saturated rings. The summed E-state index contributed by atoms with van der Waals surface area (Å²) >= 11 is 0. The third kappa shape index (κ3) is 4.39. The number of hydrogen-bond acceptors (Lipinski definition) is 3. The number of carbonyl (C=O) groups excluding carboxylic acids is 2. The molecule has 0 atom stereocenters. The maximum atomic E-state index is 12.8. The van der Waals surface area contributed by atoms with E-state index in [0.29, 0.717) is 23.7 Å². The number of imidazole rings is 1. The van der Waals surface area contributed by atoms with Crippen LogP contribution < -0.4 is 10.6 Å². The number of amides is 2. The van der Waals surface area contributed by atoms with Gasteiger partial charge in [-0.2, -0.15) is 0 Å². The van der Waals surface area contributed by atoms with Gasteiger partial charge in [-0.1, -0.05) is 39.0 Å². The Morgan fingerprint density at radius 2 is 1.82 bits per heavy atom. The van der Waals surface area contributed by atoms with E-state index in [4.69, 9.17) is 0 Å². The molecule has 0 aliphatic heterocycles. The number of nitrogens with zero attached hydrogens (tertiary/aromatic N) is 2. The molecule has 0 unspecified atom stereocenters. The Kier molecular flexibility index (Phi) is 6.09. The predicted octanol–water partition coefficient (Wildman–Crippen LogP) is 3.92. The number of anilines is 1. The Morgan fingerprint density at radius 3 is 2.50 bits per heavy atom. The van der Waals surface area contributed by atoms with Gasteiger partial charge in [-0.25, -0.2) is 4.98 Å². The lowest BCUT2D eigenvalue weighted by Gasteiger charge is -2.06. The van der Waals surface area contributed by atoms with Gasteiger partial charge in [0.15, 0.2) is 5.69 Å². The van der Waals surface area contributed by atoms with E-state index < -0.39 is 0 Å². The molecule has 0 saturated carbocycles. The van der Waals surface area contributed by atoms with Gasteiger partial charge < -0.3 is 10.6 Å². The summed E-state index contributed by atoms with van der Waals surface area (Å²) in [5, 5.41) is 5.75. The van der Waals surface area contributed by atoms with Crippen LogP contribution in [0.1, 0.15) is 53.9 Å². The molecule has 2 amide bonds. The van der Waals surface area contributed by atoms with Crippen LogP contribution in [0.4, 0.5) is 5.69 Å². The van der Waals surface area contributed by atoms with Gasteiger partial charge >= 0.3 is 0 Å². The van der Waals surface area contributed by atoms with E-state index in [1.54, 1.807) is 16.7 Å². The SMILES string of the molecule is CCc1ccc(NC(=O)c2nc(C(=O)NCCC(C)C)n3ccccc23)cc1. The first-order valence-electron chi connectivity index (χ1n) is 9.65. The second kappa shape index (κ2) is 8.69. The molecule has 2 aromatic heterocycles. The highest BCUT2D eigenvalue weighted by molar-refractivity contribution is 6.08. The number of rotatable bonds is 7. The van der Waals surface area contributed by atoms with Gasteiger partial charge in [-0.15, -0.1) is 0 Å². The molecule has 2 N–H and O–H groups in total. The Bertz CT molecular complexity index is 974. The van der Waals surface area contributed by atoms with Gasteiger partial charge in [0, 0.05) is 18.4 Å². The number of nitrogens with one attached hydrogen (secondary N) is 2. The van der Waals surface area contributed by atoms with Crippen molar-refractivity contribution in [3.63, 3.8) is 0 Å². The van der Waals surface area contributed by atoms with Gasteiger partial charge in [-0.05, 0) is 48.6 Å². The molecular weight excluding hydrogens is 352 g/mol. The molecule has 0 spiro atoms. The number of benzene rings is 1. The summed E-state index contributed by atoms with van der Waals surface area (Å²) in [4.78, 5) is 29.7. The zero-order valence-electron chi connectivity index (χ0n) is 16.5. The summed E-state index contributed by atoms with van der Waals surface area (Å²) in [6, 6.07) is 13.1. The normalized spacial score (nSPS) is 11.0. The molecule has 0 saturated heterocycles. The van der Waals surface area contributed by atoms with Crippen LogP contribution in [0.15, 0.2) is 48.7 Å². The van der Waals surface area contributed by atoms with Crippen molar-refractivity contribution in [2.75, 3.05) is 11.9 Å². The standard InChI is InChI=1S/C22H26N4O2/c1-4-16-8-10-17(11-9-16)24-21(27)19-18-7-5-6-14-26(18)20(25-19)22(28)23-13-12-15(2)3/h5-11,14-15H,4,12-13H2,1-3H3,(H,23,28)(H,24,27). The molecule has 0 radical (unpaired) electrons. The molecule has 28 heavy (non-hydrogen) atoms. The zero-order chi connectivity index (χ0) is 20.1. The number of aromatic nitrogens is 2. The summed E-state index contributed by atoms with van der Waals surface area (Å²) < 4.78 is 1.65. The van der Waals surface area contributed by atoms with Crippen LogP contribution in [-0.4, -0.2) is 27.7 Å². The fourth-order valence-electron chi connectivity index (χ4n) is 2.93. The molecule has 2 heterocycles. The van der Waals surface area contributed by atoms with Crippen LogP contribution in [0.2, 0.25) is 0 Å². The highest BCUT2D eigenvalue weighted by Gasteiger charge is 2.21. The number of hydrogen-bond donors (Lipinski definition) is 2. The van der Waals surface area contributed by atoms with Crippen molar-refractivity contribution >= 4 is 23.0 Å². The lowest BCUT2D eigenvalue weighted by atomic mass is 10.1. The number of carbonyl (C=O) groups is 2. The average Bonchev–Trinajstić information content (AvgIpc) is 3.08. The third-order valence-electron chi connectivity index (χ3n) is 4.59. The summed E-state index contributed by atoms with van der Waals surface area (Å²) in [6.07, 6.45) is 3.57. The minimum absolute atomic E-state index is 0.214. The van der Waals surface area contributed by atoms with E-state index >= 15 is 0 Å². The average molecular weight is 378 g/mol. The fraction of sp³-hybridized carbons (Fsp3) is 0.318. The van der Waals surface area contributed by atoms with Crippen LogP contribution >= 0.6 is 0 Å². The lowest BCUT2D eigenvalue weighted by Crippen LogP contribution is -2.27. The van der Waals surface area contributed by atoms with Gasteiger partial charge in [0.1, 0.15) is 0 Å². The molecule has 6 nitrogen and oxygen atoms in total. The molecule has 6 heteroatoms. The Morgan fingerprint density at radius 1 is 1.07 bits per heavy atom. The second-order valence-electron chi connectivity index (χ2n) is 7.18. The van der Waals surface area contributed by atoms with Crippen molar-refractivity contribution in [3.8, 4) is 0 Å². The monoisotopic (exact) mass is 378 g/mol. The molecule has 0 aliphatic rings. The van der Waals surface area contributed by atoms with E-state index in [9.17, 15) is 9.59 Å². The first-order valence-corrected chi connectivity index (χ1v) is 9.65. The first-order chi connectivity index (χ1) is 13.5. The van der Waals surface area contributed by atoms with Crippen molar-refractivity contribution in [2.24, 2.45) is 5.92 Å². The summed E-state index contributed by atoms with van der Waals surface area (Å²) in [6.45, 7) is 6.86. The van der Waals surface area contributed by atoms with Crippen LogP contribution in [0.3, 0.4) is 0 Å². The maximum absolute atomic E-state index is 12.8. The van der Waals surface area contributed by atoms with Crippen LogP contribution in [-0.2, 0) is 6.42 Å². The van der Waals surface area contributed by atoms with Crippen molar-refractivity contribution in [2.45, 2.75) is 33.6 Å². The van der Waals surface area contributed by atoms with Crippen molar-refractivity contribution < 1.29 is 9.59 Å². The molecule has 146 valence electrons. The molecular formula is C22H26N4O2.